The summed E-state index contributed by atoms with van der Waals surface area (Å²) < 4.78 is 0. The molecule has 0 saturated heterocycles. The van der Waals surface area contributed by atoms with E-state index < -0.39 is 0 Å². The minimum absolute atomic E-state index is 0.0836. The maximum Gasteiger partial charge on any atom is 0.268 e. The topological polar surface area (TPSA) is 68.7 Å². The van der Waals surface area contributed by atoms with Gasteiger partial charge in [0.1, 0.15) is 5.69 Å². The molecule has 1 amide bonds. The molecule has 4 heteroatoms. The van der Waals surface area contributed by atoms with Crippen LogP contribution in [-0.4, -0.2) is 10.9 Å². The van der Waals surface area contributed by atoms with Crippen molar-refractivity contribution in [3.8, 4) is 6.07 Å². The Bertz CT molecular complexity index is 922. The zero-order valence-corrected chi connectivity index (χ0v) is 14.6. The molecule has 1 aromatic heterocycles. The highest BCUT2D eigenvalue weighted by Gasteiger charge is 2.37. The lowest BCUT2D eigenvalue weighted by Crippen LogP contribution is -2.43. The van der Waals surface area contributed by atoms with Gasteiger partial charge in [0.25, 0.3) is 5.91 Å². The number of hydrogen-bond donors (Lipinski definition) is 2. The summed E-state index contributed by atoms with van der Waals surface area (Å²) >= 11 is 0. The molecule has 2 N–H and O–H groups in total. The quantitative estimate of drug-likeness (QED) is 0.875. The third-order valence-electron chi connectivity index (χ3n) is 5.37. The monoisotopic (exact) mass is 343 g/mol. The maximum absolute atomic E-state index is 13.0. The number of carbonyl (C=O) groups excluding carboxylic acids is 1. The van der Waals surface area contributed by atoms with Gasteiger partial charge in [-0.2, -0.15) is 5.26 Å². The number of rotatable bonds is 3. The molecule has 0 radical (unpaired) electrons. The third kappa shape index (κ3) is 2.97. The van der Waals surface area contributed by atoms with Gasteiger partial charge in [0, 0.05) is 12.1 Å². The van der Waals surface area contributed by atoms with E-state index in [2.05, 4.69) is 28.5 Å². The van der Waals surface area contributed by atoms with Gasteiger partial charge in [-0.05, 0) is 42.2 Å². The van der Waals surface area contributed by atoms with Gasteiger partial charge in [-0.3, -0.25) is 4.79 Å². The molecule has 1 fully saturated rings. The molecule has 1 saturated carbocycles. The number of benzene rings is 1. The Labute approximate surface area is 153 Å². The van der Waals surface area contributed by atoms with Crippen LogP contribution < -0.4 is 5.32 Å². The second kappa shape index (κ2) is 6.68. The number of hydrogen-bond acceptors (Lipinski definition) is 2. The average molecular weight is 343 g/mol. The van der Waals surface area contributed by atoms with Gasteiger partial charge in [0.2, 0.25) is 0 Å². The normalized spacial score (nSPS) is 17.7. The summed E-state index contributed by atoms with van der Waals surface area (Å²) in [5.41, 5.74) is 3.93. The molecule has 0 bridgehead atoms. The Kier molecular flexibility index (Phi) is 4.22. The summed E-state index contributed by atoms with van der Waals surface area (Å²) in [7, 11) is 0. The van der Waals surface area contributed by atoms with E-state index in [0.29, 0.717) is 17.7 Å². The molecule has 2 aliphatic carbocycles. The standard InChI is InChI=1S/C22H21N3O/c23-15-16-7-6-10-19-17(13-16)14-20(24-19)21(26)25-22(11-4-5-12-22)18-8-2-1-3-9-18/h1-3,6-9,13-14,24H,4-5,10-12H2,(H,25,26). The fraction of sp³-hybridized carbons (Fsp3) is 0.273. The number of nitrogens with one attached hydrogen (secondary N) is 2. The maximum atomic E-state index is 13.0. The second-order valence-electron chi connectivity index (χ2n) is 7.04. The first-order chi connectivity index (χ1) is 12.7. The number of aromatic nitrogens is 1. The molecule has 26 heavy (non-hydrogen) atoms. The highest BCUT2D eigenvalue weighted by Crippen LogP contribution is 2.39. The van der Waals surface area contributed by atoms with E-state index >= 15 is 0 Å². The van der Waals surface area contributed by atoms with Crippen molar-refractivity contribution in [3.05, 3.63) is 76.6 Å². The van der Waals surface area contributed by atoms with Crippen LogP contribution in [0.15, 0.2) is 54.1 Å². The molecule has 4 rings (SSSR count). The van der Waals surface area contributed by atoms with Crippen molar-refractivity contribution in [2.45, 2.75) is 37.6 Å². The molecule has 0 unspecified atom stereocenters. The molecule has 4 nitrogen and oxygen atoms in total. The summed E-state index contributed by atoms with van der Waals surface area (Å²) in [6, 6.07) is 14.3. The zero-order valence-electron chi connectivity index (χ0n) is 14.6. The van der Waals surface area contributed by atoms with Gasteiger partial charge in [-0.1, -0.05) is 49.2 Å². The van der Waals surface area contributed by atoms with E-state index in [1.165, 1.54) is 5.56 Å². The number of aromatic amines is 1. The summed E-state index contributed by atoms with van der Waals surface area (Å²) in [5.74, 6) is -0.0836. The number of carbonyl (C=O) groups is 1. The van der Waals surface area contributed by atoms with Crippen LogP contribution in [0.2, 0.25) is 0 Å². The van der Waals surface area contributed by atoms with Gasteiger partial charge >= 0.3 is 0 Å². The molecule has 0 atom stereocenters. The van der Waals surface area contributed by atoms with Crippen LogP contribution >= 0.6 is 0 Å². The molecular formula is C22H21N3O. The molecule has 2 aromatic rings. The van der Waals surface area contributed by atoms with E-state index in [-0.39, 0.29) is 11.4 Å². The summed E-state index contributed by atoms with van der Waals surface area (Å²) in [6.07, 6.45) is 10.4. The fourth-order valence-corrected chi connectivity index (χ4v) is 4.03. The zero-order chi connectivity index (χ0) is 18.0. The minimum Gasteiger partial charge on any atom is -0.354 e. The number of fused-ring (bicyclic) bond motifs is 1. The van der Waals surface area contributed by atoms with Crippen molar-refractivity contribution in [2.24, 2.45) is 0 Å². The largest absolute Gasteiger partial charge is 0.354 e. The summed E-state index contributed by atoms with van der Waals surface area (Å²) in [4.78, 5) is 16.2. The van der Waals surface area contributed by atoms with Gasteiger partial charge < -0.3 is 10.3 Å². The van der Waals surface area contributed by atoms with Crippen molar-refractivity contribution in [1.29, 1.82) is 5.26 Å². The van der Waals surface area contributed by atoms with E-state index in [4.69, 9.17) is 5.26 Å². The molecule has 130 valence electrons. The Balaban J connectivity index is 1.62. The van der Waals surface area contributed by atoms with Gasteiger partial charge in [0.15, 0.2) is 0 Å². The van der Waals surface area contributed by atoms with Crippen LogP contribution in [0, 0.1) is 11.3 Å². The van der Waals surface area contributed by atoms with Crippen molar-refractivity contribution in [1.82, 2.24) is 10.3 Å². The fourth-order valence-electron chi connectivity index (χ4n) is 4.03. The number of H-pyrrole nitrogens is 1. The molecule has 1 aromatic carbocycles. The van der Waals surface area contributed by atoms with Crippen molar-refractivity contribution >= 4 is 12.0 Å². The predicted octanol–water partition coefficient (Wildman–Crippen LogP) is 4.23. The van der Waals surface area contributed by atoms with E-state index in [1.54, 1.807) is 0 Å². The first-order valence-electron chi connectivity index (χ1n) is 9.08. The van der Waals surface area contributed by atoms with Crippen molar-refractivity contribution < 1.29 is 4.79 Å². The van der Waals surface area contributed by atoms with E-state index in [0.717, 1.165) is 36.9 Å². The van der Waals surface area contributed by atoms with Crippen LogP contribution in [0.3, 0.4) is 0 Å². The molecule has 0 aliphatic heterocycles. The van der Waals surface area contributed by atoms with Crippen LogP contribution in [0.4, 0.5) is 0 Å². The van der Waals surface area contributed by atoms with E-state index in [9.17, 15) is 4.79 Å². The van der Waals surface area contributed by atoms with E-state index in [1.807, 2.05) is 42.5 Å². The second-order valence-corrected chi connectivity index (χ2v) is 7.04. The number of amides is 1. The molecular weight excluding hydrogens is 322 g/mol. The smallest absolute Gasteiger partial charge is 0.268 e. The molecule has 0 spiro atoms. The van der Waals surface area contributed by atoms with Crippen LogP contribution in [-0.2, 0) is 12.0 Å². The van der Waals surface area contributed by atoms with Gasteiger partial charge in [-0.15, -0.1) is 0 Å². The highest BCUT2D eigenvalue weighted by atomic mass is 16.2. The van der Waals surface area contributed by atoms with Gasteiger partial charge in [0.05, 0.1) is 17.2 Å². The average Bonchev–Trinajstić information content (AvgIpc) is 3.26. The molecule has 1 heterocycles. The first kappa shape index (κ1) is 16.4. The SMILES string of the molecule is N#CC1=Cc2cc(C(=O)NC3(c4ccccc4)CCCC3)[nH]c2CC=C1. The predicted molar refractivity (Wildman–Crippen MR) is 101 cm³/mol. The Hall–Kier alpha value is -3.06. The van der Waals surface area contributed by atoms with Gasteiger partial charge in [-0.25, -0.2) is 0 Å². The third-order valence-corrected chi connectivity index (χ3v) is 5.37. The van der Waals surface area contributed by atoms with Crippen LogP contribution in [0.1, 0.15) is 53.0 Å². The lowest BCUT2D eigenvalue weighted by Gasteiger charge is -2.31. The Morgan fingerprint density at radius 1 is 1.19 bits per heavy atom. The van der Waals surface area contributed by atoms with Crippen molar-refractivity contribution in [2.75, 3.05) is 0 Å². The highest BCUT2D eigenvalue weighted by molar-refractivity contribution is 5.94. The number of allylic oxidation sites excluding steroid dienone is 3. The lowest BCUT2D eigenvalue weighted by molar-refractivity contribution is 0.0893. The van der Waals surface area contributed by atoms with Crippen LogP contribution in [0.5, 0.6) is 0 Å². The Morgan fingerprint density at radius 3 is 2.69 bits per heavy atom. The molecule has 2 aliphatic rings. The summed E-state index contributed by atoms with van der Waals surface area (Å²) in [5, 5.41) is 12.4. The Morgan fingerprint density at radius 2 is 1.96 bits per heavy atom. The van der Waals surface area contributed by atoms with Crippen LogP contribution in [0.25, 0.3) is 6.08 Å². The number of nitriles is 1. The van der Waals surface area contributed by atoms with Crippen molar-refractivity contribution in [3.63, 3.8) is 0 Å². The number of nitrogens with zero attached hydrogens (tertiary/aromatic N) is 1. The first-order valence-corrected chi connectivity index (χ1v) is 9.08. The minimum atomic E-state index is -0.283. The lowest BCUT2D eigenvalue weighted by atomic mass is 9.88. The summed E-state index contributed by atoms with van der Waals surface area (Å²) in [6.45, 7) is 0.